The Morgan fingerprint density at radius 1 is 0.947 bits per heavy atom. The molecule has 19 heavy (non-hydrogen) atoms. The van der Waals surface area contributed by atoms with E-state index in [0.29, 0.717) is 11.6 Å². The summed E-state index contributed by atoms with van der Waals surface area (Å²) in [5.41, 5.74) is 12.4. The van der Waals surface area contributed by atoms with Gasteiger partial charge in [0.25, 0.3) is 0 Å². The van der Waals surface area contributed by atoms with Crippen LogP contribution in [0.15, 0.2) is 30.3 Å². The van der Waals surface area contributed by atoms with Gasteiger partial charge < -0.3 is 11.5 Å². The van der Waals surface area contributed by atoms with Gasteiger partial charge in [-0.1, -0.05) is 30.3 Å². The predicted octanol–water partition coefficient (Wildman–Crippen LogP) is 1.90. The first-order chi connectivity index (χ1) is 9.24. The third-order valence-electron chi connectivity index (χ3n) is 2.54. The number of anilines is 2. The molecule has 0 saturated carbocycles. The maximum absolute atomic E-state index is 5.51. The number of aromatic nitrogens is 3. The number of nitrogens with two attached hydrogens (primary N) is 2. The van der Waals surface area contributed by atoms with E-state index in [2.05, 4.69) is 39.2 Å². The molecule has 1 heterocycles. The minimum Gasteiger partial charge on any atom is -0.368 e. The van der Waals surface area contributed by atoms with E-state index in [0.717, 1.165) is 18.6 Å². The summed E-state index contributed by atoms with van der Waals surface area (Å²) in [6.45, 7) is 0. The van der Waals surface area contributed by atoms with Gasteiger partial charge in [-0.15, -0.1) is 0 Å². The third-order valence-corrected chi connectivity index (χ3v) is 3.58. The maximum Gasteiger partial charge on any atom is 0.225 e. The Morgan fingerprint density at radius 2 is 1.63 bits per heavy atom. The zero-order valence-corrected chi connectivity index (χ0v) is 11.4. The Labute approximate surface area is 116 Å². The van der Waals surface area contributed by atoms with Crippen molar-refractivity contribution in [1.82, 2.24) is 15.0 Å². The van der Waals surface area contributed by atoms with Gasteiger partial charge in [0.1, 0.15) is 5.82 Å². The molecule has 2 aromatic rings. The van der Waals surface area contributed by atoms with Crippen LogP contribution < -0.4 is 11.5 Å². The van der Waals surface area contributed by atoms with Crippen LogP contribution in [0.1, 0.15) is 17.8 Å². The minimum atomic E-state index is 0.187. The highest BCUT2D eigenvalue weighted by atomic mass is 32.2. The lowest BCUT2D eigenvalue weighted by atomic mass is 10.1. The predicted molar refractivity (Wildman–Crippen MR) is 79.6 cm³/mol. The Hall–Kier alpha value is -1.82. The van der Waals surface area contributed by atoms with Crippen LogP contribution >= 0.6 is 11.8 Å². The molecule has 2 rings (SSSR count). The molecule has 0 aliphatic carbocycles. The standard InChI is InChI=1S/C13H17N5S/c14-12-16-11(17-13(15)18-12)9-19-8-4-7-10-5-2-1-3-6-10/h1-3,5-6H,4,7-9H2,(H4,14,15,16,17,18). The summed E-state index contributed by atoms with van der Waals surface area (Å²) in [5.74, 6) is 2.79. The number of aryl methyl sites for hydroxylation is 1. The average Bonchev–Trinajstić information content (AvgIpc) is 2.38. The number of hydrogen-bond donors (Lipinski definition) is 2. The van der Waals surface area contributed by atoms with Crippen LogP contribution in [0.5, 0.6) is 0 Å². The van der Waals surface area contributed by atoms with Crippen molar-refractivity contribution in [3.05, 3.63) is 41.7 Å². The monoisotopic (exact) mass is 275 g/mol. The van der Waals surface area contributed by atoms with E-state index in [1.807, 2.05) is 6.07 Å². The highest BCUT2D eigenvalue weighted by Gasteiger charge is 2.02. The maximum atomic E-state index is 5.51. The second-order valence-corrected chi connectivity index (χ2v) is 5.21. The van der Waals surface area contributed by atoms with Gasteiger partial charge in [0.15, 0.2) is 0 Å². The van der Waals surface area contributed by atoms with Crippen molar-refractivity contribution in [2.75, 3.05) is 17.2 Å². The Kier molecular flexibility index (Phi) is 4.97. The van der Waals surface area contributed by atoms with Gasteiger partial charge in [0, 0.05) is 0 Å². The molecular weight excluding hydrogens is 258 g/mol. The quantitative estimate of drug-likeness (QED) is 0.782. The largest absolute Gasteiger partial charge is 0.368 e. The SMILES string of the molecule is Nc1nc(N)nc(CSCCCc2ccccc2)n1. The van der Waals surface area contributed by atoms with Crippen LogP contribution in [0.2, 0.25) is 0 Å². The highest BCUT2D eigenvalue weighted by Crippen LogP contribution is 2.13. The molecule has 5 nitrogen and oxygen atoms in total. The van der Waals surface area contributed by atoms with Crippen molar-refractivity contribution < 1.29 is 0 Å². The van der Waals surface area contributed by atoms with Gasteiger partial charge in [0.05, 0.1) is 5.75 Å². The first kappa shape index (κ1) is 13.6. The molecule has 0 aliphatic heterocycles. The van der Waals surface area contributed by atoms with E-state index in [1.165, 1.54) is 5.56 Å². The summed E-state index contributed by atoms with van der Waals surface area (Å²) in [6.07, 6.45) is 2.22. The van der Waals surface area contributed by atoms with Gasteiger partial charge in [-0.25, -0.2) is 0 Å². The number of benzene rings is 1. The van der Waals surface area contributed by atoms with Crippen molar-refractivity contribution >= 4 is 23.7 Å². The van der Waals surface area contributed by atoms with Gasteiger partial charge >= 0.3 is 0 Å². The smallest absolute Gasteiger partial charge is 0.225 e. The molecular formula is C13H17N5S. The van der Waals surface area contributed by atoms with Crippen molar-refractivity contribution in [1.29, 1.82) is 0 Å². The van der Waals surface area contributed by atoms with E-state index in [1.54, 1.807) is 11.8 Å². The van der Waals surface area contributed by atoms with Gasteiger partial charge in [-0.05, 0) is 24.2 Å². The lowest BCUT2D eigenvalue weighted by Crippen LogP contribution is -2.06. The second kappa shape index (κ2) is 6.94. The molecule has 0 bridgehead atoms. The fourth-order valence-electron chi connectivity index (χ4n) is 1.71. The molecule has 0 unspecified atom stereocenters. The summed E-state index contributed by atoms with van der Waals surface area (Å²) in [6, 6.07) is 10.5. The molecule has 0 aliphatic rings. The minimum absolute atomic E-state index is 0.187. The van der Waals surface area contributed by atoms with E-state index in [-0.39, 0.29) is 11.9 Å². The number of thioether (sulfide) groups is 1. The summed E-state index contributed by atoms with van der Waals surface area (Å²) in [7, 11) is 0. The van der Waals surface area contributed by atoms with E-state index < -0.39 is 0 Å². The van der Waals surface area contributed by atoms with Crippen molar-refractivity contribution in [2.24, 2.45) is 0 Å². The van der Waals surface area contributed by atoms with Crippen LogP contribution in [0.3, 0.4) is 0 Å². The first-order valence-corrected chi connectivity index (χ1v) is 7.27. The fourth-order valence-corrected chi connectivity index (χ4v) is 2.51. The molecule has 0 spiro atoms. The average molecular weight is 275 g/mol. The van der Waals surface area contributed by atoms with Crippen LogP contribution in [0.25, 0.3) is 0 Å². The lowest BCUT2D eigenvalue weighted by molar-refractivity contribution is 0.929. The topological polar surface area (TPSA) is 90.7 Å². The Bertz CT molecular complexity index is 497. The zero-order valence-electron chi connectivity index (χ0n) is 10.6. The van der Waals surface area contributed by atoms with Crippen LogP contribution in [0, 0.1) is 0 Å². The summed E-state index contributed by atoms with van der Waals surface area (Å²) in [5, 5.41) is 0. The number of nitrogens with zero attached hydrogens (tertiary/aromatic N) is 3. The first-order valence-electron chi connectivity index (χ1n) is 6.11. The molecule has 0 amide bonds. The van der Waals surface area contributed by atoms with E-state index in [9.17, 15) is 0 Å². The molecule has 4 N–H and O–H groups in total. The number of hydrogen-bond acceptors (Lipinski definition) is 6. The lowest BCUT2D eigenvalue weighted by Gasteiger charge is -2.03. The molecule has 6 heteroatoms. The summed E-state index contributed by atoms with van der Waals surface area (Å²) in [4.78, 5) is 11.8. The Balaban J connectivity index is 1.69. The summed E-state index contributed by atoms with van der Waals surface area (Å²) >= 11 is 1.78. The van der Waals surface area contributed by atoms with Crippen molar-refractivity contribution in [3.63, 3.8) is 0 Å². The van der Waals surface area contributed by atoms with Crippen LogP contribution in [0.4, 0.5) is 11.9 Å². The third kappa shape index (κ3) is 4.75. The second-order valence-electron chi connectivity index (χ2n) is 4.11. The Morgan fingerprint density at radius 3 is 2.32 bits per heavy atom. The zero-order chi connectivity index (χ0) is 13.5. The molecule has 0 saturated heterocycles. The number of rotatable bonds is 6. The van der Waals surface area contributed by atoms with Crippen LogP contribution in [-0.2, 0) is 12.2 Å². The van der Waals surface area contributed by atoms with Gasteiger partial charge in [0.2, 0.25) is 11.9 Å². The molecule has 1 aromatic heterocycles. The normalized spacial score (nSPS) is 10.5. The van der Waals surface area contributed by atoms with Gasteiger partial charge in [-0.3, -0.25) is 0 Å². The number of nitrogen functional groups attached to an aromatic ring is 2. The fraction of sp³-hybridized carbons (Fsp3) is 0.308. The molecule has 100 valence electrons. The summed E-state index contributed by atoms with van der Waals surface area (Å²) < 4.78 is 0. The van der Waals surface area contributed by atoms with Crippen molar-refractivity contribution in [2.45, 2.75) is 18.6 Å². The van der Waals surface area contributed by atoms with Crippen LogP contribution in [-0.4, -0.2) is 20.7 Å². The molecule has 0 radical (unpaired) electrons. The molecule has 0 atom stereocenters. The van der Waals surface area contributed by atoms with Crippen molar-refractivity contribution in [3.8, 4) is 0 Å². The van der Waals surface area contributed by atoms with E-state index in [4.69, 9.17) is 11.5 Å². The molecule has 0 fully saturated rings. The van der Waals surface area contributed by atoms with E-state index >= 15 is 0 Å². The highest BCUT2D eigenvalue weighted by molar-refractivity contribution is 7.98. The molecule has 1 aromatic carbocycles. The van der Waals surface area contributed by atoms with Gasteiger partial charge in [-0.2, -0.15) is 26.7 Å².